The number of aromatic nitrogens is 2. The molecule has 0 amide bonds. The van der Waals surface area contributed by atoms with Gasteiger partial charge in [0.25, 0.3) is 0 Å². The van der Waals surface area contributed by atoms with E-state index in [1.54, 1.807) is 6.20 Å². The van der Waals surface area contributed by atoms with Gasteiger partial charge in [0.2, 0.25) is 0 Å². The number of rotatable bonds is 3. The Hall–Kier alpha value is -2.10. The largest absolute Gasteiger partial charge is 0.371 e. The molecule has 0 saturated carbocycles. The molecule has 0 spiro atoms. The number of nitrogens with zero attached hydrogens (tertiary/aromatic N) is 4. The third kappa shape index (κ3) is 3.15. The molecule has 4 nitrogen and oxygen atoms in total. The van der Waals surface area contributed by atoms with Gasteiger partial charge >= 0.3 is 0 Å². The molecule has 0 atom stereocenters. The van der Waals surface area contributed by atoms with Crippen molar-refractivity contribution in [3.63, 3.8) is 0 Å². The second kappa shape index (κ2) is 6.12. The molecule has 4 heteroatoms. The molecule has 1 aromatic carbocycles. The molecule has 1 fully saturated rings. The van der Waals surface area contributed by atoms with Gasteiger partial charge in [-0.25, -0.2) is 4.98 Å². The fraction of sp³-hybridized carbons (Fsp3) is 0.412. The van der Waals surface area contributed by atoms with Gasteiger partial charge in [-0.1, -0.05) is 18.2 Å². The van der Waals surface area contributed by atoms with Crippen molar-refractivity contribution < 1.29 is 0 Å². The van der Waals surface area contributed by atoms with Crippen LogP contribution in [0.25, 0.3) is 0 Å². The predicted octanol–water partition coefficient (Wildman–Crippen LogP) is 2.89. The highest BCUT2D eigenvalue weighted by Crippen LogP contribution is 2.23. The van der Waals surface area contributed by atoms with Crippen molar-refractivity contribution in [3.05, 3.63) is 48.4 Å². The van der Waals surface area contributed by atoms with Crippen LogP contribution in [0.5, 0.6) is 0 Å². The van der Waals surface area contributed by atoms with Crippen LogP contribution < -0.4 is 9.80 Å². The number of benzene rings is 1. The Bertz CT molecular complexity index is 576. The average Bonchev–Trinajstić information content (AvgIpc) is 2.55. The topological polar surface area (TPSA) is 32.3 Å². The Labute approximate surface area is 126 Å². The first-order chi connectivity index (χ1) is 10.2. The first-order valence-electron chi connectivity index (χ1n) is 7.55. The zero-order valence-corrected chi connectivity index (χ0v) is 12.7. The van der Waals surface area contributed by atoms with Gasteiger partial charge < -0.3 is 9.80 Å². The van der Waals surface area contributed by atoms with Crippen LogP contribution in [0.3, 0.4) is 0 Å². The van der Waals surface area contributed by atoms with Gasteiger partial charge in [-0.15, -0.1) is 0 Å². The van der Waals surface area contributed by atoms with E-state index in [2.05, 4.69) is 57.1 Å². The fourth-order valence-electron chi connectivity index (χ4n) is 2.96. The van der Waals surface area contributed by atoms with E-state index in [4.69, 9.17) is 0 Å². The van der Waals surface area contributed by atoms with Gasteiger partial charge in [-0.2, -0.15) is 0 Å². The summed E-state index contributed by atoms with van der Waals surface area (Å²) < 4.78 is 0. The van der Waals surface area contributed by atoms with Crippen LogP contribution in [0.15, 0.2) is 42.7 Å². The third-order valence-electron chi connectivity index (χ3n) is 4.24. The summed E-state index contributed by atoms with van der Waals surface area (Å²) in [5, 5.41) is 0. The minimum atomic E-state index is 0.599. The standard InChI is InChI=1S/C17H22N4/c1-14-12-18-13-17(19-14)21-10-8-16(9-11-21)20(2)15-6-4-3-5-7-15/h3-7,12-13,16H,8-11H2,1-2H3. The molecule has 110 valence electrons. The van der Waals surface area contributed by atoms with Crippen LogP contribution in [0.1, 0.15) is 18.5 Å². The summed E-state index contributed by atoms with van der Waals surface area (Å²) in [6, 6.07) is 11.2. The first-order valence-corrected chi connectivity index (χ1v) is 7.55. The minimum Gasteiger partial charge on any atom is -0.371 e. The predicted molar refractivity (Wildman–Crippen MR) is 86.8 cm³/mol. The van der Waals surface area contributed by atoms with Gasteiger partial charge in [0, 0.05) is 38.1 Å². The Morgan fingerprint density at radius 2 is 1.81 bits per heavy atom. The smallest absolute Gasteiger partial charge is 0.147 e. The molecule has 0 aliphatic carbocycles. The molecule has 1 aliphatic heterocycles. The fourth-order valence-corrected chi connectivity index (χ4v) is 2.96. The van der Waals surface area contributed by atoms with Crippen molar-refractivity contribution >= 4 is 11.5 Å². The van der Waals surface area contributed by atoms with Gasteiger partial charge in [0.1, 0.15) is 5.82 Å². The van der Waals surface area contributed by atoms with Gasteiger partial charge in [-0.05, 0) is 31.9 Å². The molecule has 0 bridgehead atoms. The molecular formula is C17H22N4. The Balaban J connectivity index is 1.63. The number of hydrogen-bond donors (Lipinski definition) is 0. The number of aryl methyl sites for hydroxylation is 1. The summed E-state index contributed by atoms with van der Waals surface area (Å²) in [6.07, 6.45) is 5.98. The van der Waals surface area contributed by atoms with E-state index in [1.165, 1.54) is 5.69 Å². The zero-order chi connectivity index (χ0) is 14.7. The lowest BCUT2D eigenvalue weighted by molar-refractivity contribution is 0.480. The van der Waals surface area contributed by atoms with E-state index in [1.807, 2.05) is 13.1 Å². The maximum absolute atomic E-state index is 4.57. The third-order valence-corrected chi connectivity index (χ3v) is 4.24. The first kappa shape index (κ1) is 13.9. The Morgan fingerprint density at radius 1 is 1.10 bits per heavy atom. The van der Waals surface area contributed by atoms with Crippen molar-refractivity contribution in [2.45, 2.75) is 25.8 Å². The van der Waals surface area contributed by atoms with Crippen molar-refractivity contribution in [1.29, 1.82) is 0 Å². The van der Waals surface area contributed by atoms with Crippen molar-refractivity contribution in [2.75, 3.05) is 29.9 Å². The van der Waals surface area contributed by atoms with Gasteiger partial charge in [-0.3, -0.25) is 4.98 Å². The number of hydrogen-bond acceptors (Lipinski definition) is 4. The van der Waals surface area contributed by atoms with E-state index >= 15 is 0 Å². The normalized spacial score (nSPS) is 16.0. The van der Waals surface area contributed by atoms with Crippen LogP contribution in [0.4, 0.5) is 11.5 Å². The number of para-hydroxylation sites is 1. The molecule has 0 radical (unpaired) electrons. The van der Waals surface area contributed by atoms with Crippen molar-refractivity contribution in [2.24, 2.45) is 0 Å². The van der Waals surface area contributed by atoms with E-state index in [0.717, 1.165) is 37.4 Å². The summed E-state index contributed by atoms with van der Waals surface area (Å²) in [5.41, 5.74) is 2.28. The molecule has 3 rings (SSSR count). The average molecular weight is 282 g/mol. The van der Waals surface area contributed by atoms with Crippen LogP contribution in [0.2, 0.25) is 0 Å². The summed E-state index contributed by atoms with van der Waals surface area (Å²) in [4.78, 5) is 13.6. The van der Waals surface area contributed by atoms with Crippen molar-refractivity contribution in [3.8, 4) is 0 Å². The van der Waals surface area contributed by atoms with Crippen LogP contribution in [-0.2, 0) is 0 Å². The monoisotopic (exact) mass is 282 g/mol. The highest BCUT2D eigenvalue weighted by atomic mass is 15.2. The summed E-state index contributed by atoms with van der Waals surface area (Å²) in [6.45, 7) is 4.08. The second-order valence-corrected chi connectivity index (χ2v) is 5.68. The van der Waals surface area contributed by atoms with Gasteiger partial charge in [0.15, 0.2) is 0 Å². The van der Waals surface area contributed by atoms with Gasteiger partial charge in [0.05, 0.1) is 11.9 Å². The lowest BCUT2D eigenvalue weighted by Crippen LogP contribution is -2.43. The Kier molecular flexibility index (Phi) is 4.04. The lowest BCUT2D eigenvalue weighted by atomic mass is 10.0. The molecule has 21 heavy (non-hydrogen) atoms. The summed E-state index contributed by atoms with van der Waals surface area (Å²) >= 11 is 0. The molecular weight excluding hydrogens is 260 g/mol. The van der Waals surface area contributed by atoms with Crippen LogP contribution in [-0.4, -0.2) is 36.1 Å². The summed E-state index contributed by atoms with van der Waals surface area (Å²) in [5.74, 6) is 1.01. The lowest BCUT2D eigenvalue weighted by Gasteiger charge is -2.38. The molecule has 2 heterocycles. The Morgan fingerprint density at radius 3 is 2.48 bits per heavy atom. The van der Waals surface area contributed by atoms with E-state index < -0.39 is 0 Å². The van der Waals surface area contributed by atoms with Crippen molar-refractivity contribution in [1.82, 2.24) is 9.97 Å². The quantitative estimate of drug-likeness (QED) is 0.866. The zero-order valence-electron chi connectivity index (χ0n) is 12.7. The maximum atomic E-state index is 4.57. The van der Waals surface area contributed by atoms with E-state index in [9.17, 15) is 0 Å². The molecule has 1 aromatic heterocycles. The highest BCUT2D eigenvalue weighted by Gasteiger charge is 2.23. The van der Waals surface area contributed by atoms with Crippen LogP contribution in [0, 0.1) is 6.92 Å². The van der Waals surface area contributed by atoms with E-state index in [0.29, 0.717) is 6.04 Å². The maximum Gasteiger partial charge on any atom is 0.147 e. The molecule has 1 aliphatic rings. The van der Waals surface area contributed by atoms with Crippen LogP contribution >= 0.6 is 0 Å². The minimum absolute atomic E-state index is 0.599. The highest BCUT2D eigenvalue weighted by molar-refractivity contribution is 5.47. The second-order valence-electron chi connectivity index (χ2n) is 5.68. The molecule has 1 saturated heterocycles. The molecule has 0 unspecified atom stereocenters. The molecule has 2 aromatic rings. The summed E-state index contributed by atoms with van der Waals surface area (Å²) in [7, 11) is 2.20. The number of anilines is 2. The molecule has 0 N–H and O–H groups in total. The SMILES string of the molecule is Cc1cncc(N2CCC(N(C)c3ccccc3)CC2)n1. The van der Waals surface area contributed by atoms with E-state index in [-0.39, 0.29) is 0 Å². The number of piperidine rings is 1.